The van der Waals surface area contributed by atoms with Gasteiger partial charge in [0.1, 0.15) is 17.2 Å². The number of hydrogen-bond acceptors (Lipinski definition) is 4. The number of ether oxygens (including phenoxy) is 1. The van der Waals surface area contributed by atoms with E-state index in [0.717, 1.165) is 33.3 Å². The standard InChI is InChI=1S/C18H17BrN2O2S/c19-12-5-7-13(8-6-12)23-10-9-21-11-20-17-16(18(21)22)14-3-1-2-4-15(14)24-17/h5-8,11H,1-4,9-10H2. The van der Waals surface area contributed by atoms with Crippen LogP contribution in [0, 0.1) is 0 Å². The number of thiophene rings is 1. The highest BCUT2D eigenvalue weighted by molar-refractivity contribution is 9.10. The van der Waals surface area contributed by atoms with Crippen molar-refractivity contribution in [1.82, 2.24) is 9.55 Å². The van der Waals surface area contributed by atoms with Gasteiger partial charge in [0.05, 0.1) is 18.3 Å². The summed E-state index contributed by atoms with van der Waals surface area (Å²) in [6.45, 7) is 0.948. The van der Waals surface area contributed by atoms with Crippen LogP contribution in [-0.4, -0.2) is 16.2 Å². The van der Waals surface area contributed by atoms with E-state index >= 15 is 0 Å². The molecular weight excluding hydrogens is 388 g/mol. The monoisotopic (exact) mass is 404 g/mol. The van der Waals surface area contributed by atoms with Crippen LogP contribution in [0.5, 0.6) is 5.75 Å². The van der Waals surface area contributed by atoms with Gasteiger partial charge in [0.2, 0.25) is 0 Å². The third-order valence-corrected chi connectivity index (χ3v) is 6.08. The van der Waals surface area contributed by atoms with Crippen molar-refractivity contribution < 1.29 is 4.74 Å². The Balaban J connectivity index is 1.55. The molecule has 0 saturated heterocycles. The maximum Gasteiger partial charge on any atom is 0.262 e. The number of benzene rings is 1. The van der Waals surface area contributed by atoms with Crippen molar-refractivity contribution in [3.63, 3.8) is 0 Å². The Morgan fingerprint density at radius 2 is 2.00 bits per heavy atom. The van der Waals surface area contributed by atoms with Crippen molar-refractivity contribution in [3.8, 4) is 5.75 Å². The number of halogens is 1. The second kappa shape index (κ2) is 6.69. The SMILES string of the molecule is O=c1c2c3c(sc2ncn1CCOc1ccc(Br)cc1)CCCC3. The van der Waals surface area contributed by atoms with Gasteiger partial charge in [-0.05, 0) is 55.5 Å². The number of hydrogen-bond donors (Lipinski definition) is 0. The van der Waals surface area contributed by atoms with Gasteiger partial charge in [-0.2, -0.15) is 0 Å². The summed E-state index contributed by atoms with van der Waals surface area (Å²) in [5, 5.41) is 0.834. The molecule has 4 nitrogen and oxygen atoms in total. The summed E-state index contributed by atoms with van der Waals surface area (Å²) in [5.41, 5.74) is 1.31. The van der Waals surface area contributed by atoms with Gasteiger partial charge in [-0.3, -0.25) is 9.36 Å². The summed E-state index contributed by atoms with van der Waals surface area (Å²) < 4.78 is 8.41. The van der Waals surface area contributed by atoms with Crippen molar-refractivity contribution in [2.24, 2.45) is 0 Å². The molecule has 4 rings (SSSR count). The third kappa shape index (κ3) is 3.00. The molecule has 0 saturated carbocycles. The Morgan fingerprint density at radius 1 is 1.21 bits per heavy atom. The van der Waals surface area contributed by atoms with Crippen LogP contribution in [0.25, 0.3) is 10.2 Å². The zero-order chi connectivity index (χ0) is 16.5. The van der Waals surface area contributed by atoms with Gasteiger partial charge in [0, 0.05) is 9.35 Å². The van der Waals surface area contributed by atoms with E-state index in [-0.39, 0.29) is 5.56 Å². The summed E-state index contributed by atoms with van der Waals surface area (Å²) >= 11 is 5.09. The molecule has 2 aromatic heterocycles. The van der Waals surface area contributed by atoms with Crippen LogP contribution >= 0.6 is 27.3 Å². The average Bonchev–Trinajstić information content (AvgIpc) is 2.98. The van der Waals surface area contributed by atoms with Gasteiger partial charge < -0.3 is 4.74 Å². The van der Waals surface area contributed by atoms with Crippen LogP contribution in [0.3, 0.4) is 0 Å². The largest absolute Gasteiger partial charge is 0.492 e. The summed E-state index contributed by atoms with van der Waals surface area (Å²) in [5.74, 6) is 0.799. The quantitative estimate of drug-likeness (QED) is 0.654. The minimum Gasteiger partial charge on any atom is -0.492 e. The molecular formula is C18H17BrN2O2S. The average molecular weight is 405 g/mol. The van der Waals surface area contributed by atoms with E-state index in [1.165, 1.54) is 23.3 Å². The second-order valence-electron chi connectivity index (χ2n) is 5.94. The first-order valence-corrected chi connectivity index (χ1v) is 9.71. The first kappa shape index (κ1) is 15.8. The van der Waals surface area contributed by atoms with Crippen molar-refractivity contribution in [1.29, 1.82) is 0 Å². The van der Waals surface area contributed by atoms with Gasteiger partial charge >= 0.3 is 0 Å². The van der Waals surface area contributed by atoms with Crippen LogP contribution in [0.1, 0.15) is 23.3 Å². The summed E-state index contributed by atoms with van der Waals surface area (Å²) in [6, 6.07) is 7.69. The van der Waals surface area contributed by atoms with Crippen molar-refractivity contribution in [2.75, 3.05) is 6.61 Å². The molecule has 0 spiro atoms. The van der Waals surface area contributed by atoms with Gasteiger partial charge in [0.25, 0.3) is 5.56 Å². The van der Waals surface area contributed by atoms with Crippen molar-refractivity contribution in [2.45, 2.75) is 32.2 Å². The number of rotatable bonds is 4. The fourth-order valence-corrected chi connectivity index (χ4v) is 4.62. The van der Waals surface area contributed by atoms with Crippen LogP contribution in [0.15, 0.2) is 39.9 Å². The Labute approximate surface area is 152 Å². The number of fused-ring (bicyclic) bond motifs is 3. The maximum absolute atomic E-state index is 12.8. The highest BCUT2D eigenvalue weighted by atomic mass is 79.9. The molecule has 1 aliphatic carbocycles. The highest BCUT2D eigenvalue weighted by Crippen LogP contribution is 2.33. The Kier molecular flexibility index (Phi) is 4.41. The molecule has 2 heterocycles. The van der Waals surface area contributed by atoms with E-state index in [2.05, 4.69) is 20.9 Å². The van der Waals surface area contributed by atoms with Crippen LogP contribution in [0.4, 0.5) is 0 Å². The molecule has 6 heteroatoms. The molecule has 24 heavy (non-hydrogen) atoms. The number of aryl methyl sites for hydroxylation is 2. The molecule has 0 unspecified atom stereocenters. The molecule has 0 aliphatic heterocycles. The lowest BCUT2D eigenvalue weighted by molar-refractivity contribution is 0.296. The van der Waals surface area contributed by atoms with E-state index in [1.807, 2.05) is 24.3 Å². The fraction of sp³-hybridized carbons (Fsp3) is 0.333. The zero-order valence-corrected chi connectivity index (χ0v) is 15.5. The number of nitrogens with zero attached hydrogens (tertiary/aromatic N) is 2. The molecule has 1 aromatic carbocycles. The highest BCUT2D eigenvalue weighted by Gasteiger charge is 2.19. The smallest absolute Gasteiger partial charge is 0.262 e. The van der Waals surface area contributed by atoms with Gasteiger partial charge in [-0.15, -0.1) is 11.3 Å². The Bertz CT molecular complexity index is 931. The Hall–Kier alpha value is -1.66. The van der Waals surface area contributed by atoms with Gasteiger partial charge in [-0.1, -0.05) is 15.9 Å². The lowest BCUT2D eigenvalue weighted by atomic mass is 9.97. The van der Waals surface area contributed by atoms with Crippen LogP contribution < -0.4 is 10.3 Å². The van der Waals surface area contributed by atoms with E-state index in [0.29, 0.717) is 13.2 Å². The van der Waals surface area contributed by atoms with E-state index < -0.39 is 0 Å². The summed E-state index contributed by atoms with van der Waals surface area (Å²) in [4.78, 5) is 19.6. The first-order chi connectivity index (χ1) is 11.7. The second-order valence-corrected chi connectivity index (χ2v) is 7.94. The van der Waals surface area contributed by atoms with Crippen molar-refractivity contribution in [3.05, 3.63) is 55.9 Å². The van der Waals surface area contributed by atoms with Crippen molar-refractivity contribution >= 4 is 37.5 Å². The molecule has 0 N–H and O–H groups in total. The third-order valence-electron chi connectivity index (χ3n) is 4.36. The van der Waals surface area contributed by atoms with Crippen LogP contribution in [-0.2, 0) is 19.4 Å². The predicted molar refractivity (Wildman–Crippen MR) is 100 cm³/mol. The molecule has 0 radical (unpaired) electrons. The molecule has 0 bridgehead atoms. The normalized spacial score (nSPS) is 13.9. The molecule has 1 aliphatic rings. The molecule has 3 aromatic rings. The van der Waals surface area contributed by atoms with E-state index in [9.17, 15) is 4.79 Å². The first-order valence-electron chi connectivity index (χ1n) is 8.10. The molecule has 0 amide bonds. The minimum atomic E-state index is 0.0683. The van der Waals surface area contributed by atoms with Gasteiger partial charge in [0.15, 0.2) is 0 Å². The van der Waals surface area contributed by atoms with E-state index in [4.69, 9.17) is 4.74 Å². The van der Waals surface area contributed by atoms with Gasteiger partial charge in [-0.25, -0.2) is 4.98 Å². The molecule has 0 atom stereocenters. The zero-order valence-electron chi connectivity index (χ0n) is 13.1. The lowest BCUT2D eigenvalue weighted by Gasteiger charge is -2.11. The minimum absolute atomic E-state index is 0.0683. The maximum atomic E-state index is 12.8. The topological polar surface area (TPSA) is 44.1 Å². The summed E-state index contributed by atoms with van der Waals surface area (Å²) in [7, 11) is 0. The molecule has 124 valence electrons. The van der Waals surface area contributed by atoms with Crippen LogP contribution in [0.2, 0.25) is 0 Å². The predicted octanol–water partition coefficient (Wildman–Crippen LogP) is 4.18. The lowest BCUT2D eigenvalue weighted by Crippen LogP contribution is -2.24. The molecule has 0 fully saturated rings. The summed E-state index contributed by atoms with van der Waals surface area (Å²) in [6.07, 6.45) is 6.13. The fourth-order valence-electron chi connectivity index (χ4n) is 3.13. The Morgan fingerprint density at radius 3 is 2.83 bits per heavy atom. The van der Waals surface area contributed by atoms with E-state index in [1.54, 1.807) is 22.2 Å². The number of aromatic nitrogens is 2.